The first-order valence-electron chi connectivity index (χ1n) is 7.06. The zero-order valence-corrected chi connectivity index (χ0v) is 14.6. The minimum Gasteiger partial charge on any atom is -0.325 e. The molecule has 1 aliphatic rings. The minimum atomic E-state index is -0.798. The van der Waals surface area contributed by atoms with E-state index in [4.69, 9.17) is 34.8 Å². The van der Waals surface area contributed by atoms with Gasteiger partial charge in [-0.1, -0.05) is 19.1 Å². The Morgan fingerprint density at radius 1 is 1.35 bits per heavy atom. The highest BCUT2D eigenvalue weighted by atomic mass is 35.5. The molecule has 23 heavy (non-hydrogen) atoms. The Bertz CT molecular complexity index is 617. The van der Waals surface area contributed by atoms with Crippen LogP contribution < -0.4 is 10.7 Å². The van der Waals surface area contributed by atoms with Gasteiger partial charge in [-0.25, -0.2) is 5.43 Å². The normalized spacial score (nSPS) is 19.1. The third-order valence-electron chi connectivity index (χ3n) is 3.38. The average molecular weight is 377 g/mol. The van der Waals surface area contributed by atoms with Crippen molar-refractivity contribution in [3.05, 3.63) is 29.8 Å². The van der Waals surface area contributed by atoms with Gasteiger partial charge < -0.3 is 5.32 Å². The van der Waals surface area contributed by atoms with Gasteiger partial charge in [0.2, 0.25) is 11.8 Å². The van der Waals surface area contributed by atoms with Gasteiger partial charge in [-0.3, -0.25) is 9.59 Å². The maximum absolute atomic E-state index is 11.9. The number of hydrogen-bond acceptors (Lipinski definition) is 3. The molecule has 8 heteroatoms. The summed E-state index contributed by atoms with van der Waals surface area (Å²) in [6.07, 6.45) is 0.575. The highest BCUT2D eigenvalue weighted by Gasteiger charge is 2.22. The lowest BCUT2D eigenvalue weighted by Gasteiger charge is -2.19. The number of amides is 2. The molecular weight excluding hydrogens is 361 g/mol. The van der Waals surface area contributed by atoms with Crippen LogP contribution in [0.5, 0.6) is 0 Å². The molecule has 1 aliphatic heterocycles. The third kappa shape index (κ3) is 5.09. The van der Waals surface area contributed by atoms with Crippen LogP contribution in [-0.4, -0.2) is 27.7 Å². The number of alkyl halides is 3. The number of benzene rings is 1. The summed E-state index contributed by atoms with van der Waals surface area (Å²) in [4.78, 5) is 22.5. The van der Waals surface area contributed by atoms with Crippen LogP contribution in [0.4, 0.5) is 5.69 Å². The average Bonchev–Trinajstić information content (AvgIpc) is 2.47. The van der Waals surface area contributed by atoms with E-state index in [1.807, 2.05) is 19.1 Å². The molecule has 0 bridgehead atoms. The van der Waals surface area contributed by atoms with Crippen LogP contribution in [0.3, 0.4) is 0 Å². The van der Waals surface area contributed by atoms with E-state index in [9.17, 15) is 9.59 Å². The van der Waals surface area contributed by atoms with E-state index in [0.29, 0.717) is 12.1 Å². The van der Waals surface area contributed by atoms with Crippen LogP contribution in [-0.2, 0) is 9.59 Å². The zero-order chi connectivity index (χ0) is 17.0. The highest BCUT2D eigenvalue weighted by molar-refractivity contribution is 6.45. The minimum absolute atomic E-state index is 0.0424. The Morgan fingerprint density at radius 3 is 2.57 bits per heavy atom. The molecule has 0 saturated carbocycles. The molecular formula is C15H16Cl3N3O2. The Morgan fingerprint density at radius 2 is 2.00 bits per heavy atom. The van der Waals surface area contributed by atoms with Crippen molar-refractivity contribution < 1.29 is 9.59 Å². The second kappa shape index (κ2) is 7.99. The number of nitrogens with one attached hydrogen (secondary N) is 2. The number of hydrogen-bond donors (Lipinski definition) is 2. The smallest absolute Gasteiger partial charge is 0.242 e. The predicted molar refractivity (Wildman–Crippen MR) is 93.3 cm³/mol. The lowest BCUT2D eigenvalue weighted by atomic mass is 9.94. The number of rotatable bonds is 5. The first-order valence-corrected chi connectivity index (χ1v) is 8.37. The summed E-state index contributed by atoms with van der Waals surface area (Å²) >= 11 is 17.1. The second-order valence-electron chi connectivity index (χ2n) is 5.30. The van der Waals surface area contributed by atoms with Gasteiger partial charge in [0, 0.05) is 24.4 Å². The van der Waals surface area contributed by atoms with Crippen LogP contribution in [0.2, 0.25) is 0 Å². The molecule has 0 radical (unpaired) electrons. The summed E-state index contributed by atoms with van der Waals surface area (Å²) in [6, 6.07) is 7.16. The monoisotopic (exact) mass is 375 g/mol. The van der Waals surface area contributed by atoms with Gasteiger partial charge in [0.15, 0.2) is 0 Å². The fourth-order valence-corrected chi connectivity index (χ4v) is 2.98. The molecule has 124 valence electrons. The van der Waals surface area contributed by atoms with Crippen molar-refractivity contribution in [2.75, 3.05) is 5.32 Å². The van der Waals surface area contributed by atoms with Crippen LogP contribution in [0.15, 0.2) is 29.4 Å². The maximum Gasteiger partial charge on any atom is 0.242 e. The van der Waals surface area contributed by atoms with Gasteiger partial charge in [0.05, 0.1) is 5.71 Å². The van der Waals surface area contributed by atoms with Crippen molar-refractivity contribution in [2.45, 2.75) is 30.0 Å². The summed E-state index contributed by atoms with van der Waals surface area (Å²) in [5.41, 5.74) is 4.79. The zero-order valence-electron chi connectivity index (χ0n) is 12.4. The first kappa shape index (κ1) is 18.0. The van der Waals surface area contributed by atoms with Crippen LogP contribution in [0.1, 0.15) is 25.3 Å². The third-order valence-corrected chi connectivity index (χ3v) is 4.11. The Kier molecular flexibility index (Phi) is 6.27. The molecule has 0 spiro atoms. The van der Waals surface area contributed by atoms with Crippen molar-refractivity contribution in [3.63, 3.8) is 0 Å². The molecule has 0 fully saturated rings. The standard InChI is InChI=1S/C15H16Cl3N3O2/c1-8-6-13(22)20-21-14(8)9-2-4-10(5-3-9)19-15(23)11(16)7-12(17)18/h2-5,8,11-12H,6-7H2,1H3,(H,19,23)(H,20,22). The molecule has 1 heterocycles. The van der Waals surface area contributed by atoms with Crippen molar-refractivity contribution >= 4 is 58.0 Å². The summed E-state index contributed by atoms with van der Waals surface area (Å²) in [7, 11) is 0. The van der Waals surface area contributed by atoms with Crippen molar-refractivity contribution in [2.24, 2.45) is 11.0 Å². The summed E-state index contributed by atoms with van der Waals surface area (Å²) in [5, 5.41) is 5.99. The van der Waals surface area contributed by atoms with Crippen LogP contribution >= 0.6 is 34.8 Å². The summed E-state index contributed by atoms with van der Waals surface area (Å²) in [6.45, 7) is 1.94. The molecule has 0 saturated heterocycles. The molecule has 2 N–H and O–H groups in total. The summed E-state index contributed by atoms with van der Waals surface area (Å²) in [5.74, 6) is -0.405. The van der Waals surface area contributed by atoms with E-state index in [-0.39, 0.29) is 24.2 Å². The van der Waals surface area contributed by atoms with Gasteiger partial charge in [-0.15, -0.1) is 34.8 Å². The van der Waals surface area contributed by atoms with Gasteiger partial charge in [0.1, 0.15) is 10.2 Å². The lowest BCUT2D eigenvalue weighted by molar-refractivity contribution is -0.122. The molecule has 2 rings (SSSR count). The Balaban J connectivity index is 2.02. The summed E-state index contributed by atoms with van der Waals surface area (Å²) < 4.78 is 0. The fourth-order valence-electron chi connectivity index (χ4n) is 2.21. The van der Waals surface area contributed by atoms with E-state index < -0.39 is 10.2 Å². The number of nitrogens with zero attached hydrogens (tertiary/aromatic N) is 1. The van der Waals surface area contributed by atoms with Gasteiger partial charge >= 0.3 is 0 Å². The molecule has 5 nitrogen and oxygen atoms in total. The van der Waals surface area contributed by atoms with Crippen LogP contribution in [0.25, 0.3) is 0 Å². The van der Waals surface area contributed by atoms with E-state index >= 15 is 0 Å². The molecule has 1 aromatic rings. The highest BCUT2D eigenvalue weighted by Crippen LogP contribution is 2.20. The number of carbonyl (C=O) groups is 2. The van der Waals surface area contributed by atoms with Crippen molar-refractivity contribution in [1.29, 1.82) is 0 Å². The molecule has 2 amide bonds. The van der Waals surface area contributed by atoms with Gasteiger partial charge in [-0.05, 0) is 17.7 Å². The fraction of sp³-hybridized carbons (Fsp3) is 0.400. The molecule has 2 atom stereocenters. The van der Waals surface area contributed by atoms with E-state index in [2.05, 4.69) is 15.8 Å². The Labute approximate surface area is 149 Å². The van der Waals surface area contributed by atoms with Crippen molar-refractivity contribution in [3.8, 4) is 0 Å². The van der Waals surface area contributed by atoms with Gasteiger partial charge in [0.25, 0.3) is 0 Å². The largest absolute Gasteiger partial charge is 0.325 e. The van der Waals surface area contributed by atoms with E-state index in [1.54, 1.807) is 12.1 Å². The quantitative estimate of drug-likeness (QED) is 0.774. The number of hydrazone groups is 1. The molecule has 2 unspecified atom stereocenters. The second-order valence-corrected chi connectivity index (χ2v) is 7.10. The molecule has 0 aliphatic carbocycles. The SMILES string of the molecule is CC1CC(=O)NN=C1c1ccc(NC(=O)C(Cl)CC(Cl)Cl)cc1. The van der Waals surface area contributed by atoms with Crippen LogP contribution in [0, 0.1) is 5.92 Å². The first-order chi connectivity index (χ1) is 10.9. The maximum atomic E-state index is 11.9. The molecule has 0 aromatic heterocycles. The molecule has 1 aromatic carbocycles. The number of carbonyl (C=O) groups excluding carboxylic acids is 2. The van der Waals surface area contributed by atoms with Gasteiger partial charge in [-0.2, -0.15) is 5.10 Å². The Hall–Kier alpha value is -1.30. The lowest BCUT2D eigenvalue weighted by Crippen LogP contribution is -2.31. The van der Waals surface area contributed by atoms with E-state index in [1.165, 1.54) is 0 Å². The number of anilines is 1. The van der Waals surface area contributed by atoms with Crippen molar-refractivity contribution in [1.82, 2.24) is 5.43 Å². The number of halogens is 3. The topological polar surface area (TPSA) is 70.6 Å². The van der Waals surface area contributed by atoms with E-state index in [0.717, 1.165) is 11.3 Å². The predicted octanol–water partition coefficient (Wildman–Crippen LogP) is 3.29.